The SMILES string of the molecule is C[C@H](O)CN(C)C(=O)Nc1ncc(Cc2cccc(Cl)c2)s1. The quantitative estimate of drug-likeness (QED) is 0.879. The Labute approximate surface area is 138 Å². The van der Waals surface area contributed by atoms with E-state index in [0.29, 0.717) is 10.2 Å². The maximum atomic E-state index is 11.9. The zero-order valence-corrected chi connectivity index (χ0v) is 14.0. The number of likely N-dealkylation sites (N-methyl/N-ethyl adjacent to an activating group) is 1. The van der Waals surface area contributed by atoms with Crippen molar-refractivity contribution in [3.05, 3.63) is 45.9 Å². The van der Waals surface area contributed by atoms with Gasteiger partial charge in [0.15, 0.2) is 5.13 Å². The molecule has 0 radical (unpaired) electrons. The Kier molecular flexibility index (Phi) is 5.76. The summed E-state index contributed by atoms with van der Waals surface area (Å²) in [7, 11) is 1.63. The van der Waals surface area contributed by atoms with Crippen LogP contribution in [0.1, 0.15) is 17.4 Å². The molecule has 5 nitrogen and oxygen atoms in total. The summed E-state index contributed by atoms with van der Waals surface area (Å²) >= 11 is 7.39. The second-order valence-electron chi connectivity index (χ2n) is 5.10. The predicted molar refractivity (Wildman–Crippen MR) is 89.7 cm³/mol. The number of hydrogen-bond donors (Lipinski definition) is 2. The summed E-state index contributed by atoms with van der Waals surface area (Å²) in [5, 5.41) is 13.2. The molecule has 7 heteroatoms. The van der Waals surface area contributed by atoms with Gasteiger partial charge in [-0.1, -0.05) is 23.7 Å². The molecule has 2 N–H and O–H groups in total. The number of rotatable bonds is 5. The van der Waals surface area contributed by atoms with Crippen molar-refractivity contribution in [3.8, 4) is 0 Å². The number of carbonyl (C=O) groups is 1. The second kappa shape index (κ2) is 7.58. The van der Waals surface area contributed by atoms with Crippen molar-refractivity contribution in [2.45, 2.75) is 19.4 Å². The number of carbonyl (C=O) groups excluding carboxylic acids is 1. The lowest BCUT2D eigenvalue weighted by atomic mass is 10.1. The van der Waals surface area contributed by atoms with Crippen LogP contribution in [0.5, 0.6) is 0 Å². The molecule has 118 valence electrons. The third-order valence-electron chi connectivity index (χ3n) is 2.92. The normalized spacial score (nSPS) is 12.0. The molecule has 0 spiro atoms. The monoisotopic (exact) mass is 339 g/mol. The molecule has 0 saturated carbocycles. The van der Waals surface area contributed by atoms with E-state index in [1.54, 1.807) is 20.2 Å². The van der Waals surface area contributed by atoms with Crippen LogP contribution in [0.4, 0.5) is 9.93 Å². The van der Waals surface area contributed by atoms with Crippen molar-refractivity contribution in [1.29, 1.82) is 0 Å². The van der Waals surface area contributed by atoms with Crippen molar-refractivity contribution in [1.82, 2.24) is 9.88 Å². The third kappa shape index (κ3) is 4.98. The van der Waals surface area contributed by atoms with E-state index < -0.39 is 6.10 Å². The summed E-state index contributed by atoms with van der Waals surface area (Å²) in [6.45, 7) is 1.91. The summed E-state index contributed by atoms with van der Waals surface area (Å²) in [6.07, 6.45) is 1.90. The van der Waals surface area contributed by atoms with E-state index in [-0.39, 0.29) is 12.6 Å². The maximum absolute atomic E-state index is 11.9. The zero-order valence-electron chi connectivity index (χ0n) is 12.4. The molecule has 2 amide bonds. The van der Waals surface area contributed by atoms with Gasteiger partial charge < -0.3 is 10.0 Å². The standard InChI is InChI=1S/C15H18ClN3O2S/c1-10(20)9-19(2)15(21)18-14-17-8-13(22-14)7-11-4-3-5-12(16)6-11/h3-6,8,10,20H,7,9H2,1-2H3,(H,17,18,21)/t10-/m0/s1. The van der Waals surface area contributed by atoms with Gasteiger partial charge in [0.05, 0.1) is 6.10 Å². The minimum absolute atomic E-state index is 0.270. The lowest BCUT2D eigenvalue weighted by Crippen LogP contribution is -2.36. The molecule has 1 atom stereocenters. The summed E-state index contributed by atoms with van der Waals surface area (Å²) < 4.78 is 0. The molecule has 0 saturated heterocycles. The number of thiazole rings is 1. The molecule has 0 aliphatic carbocycles. The van der Waals surface area contributed by atoms with Crippen LogP contribution in [0, 0.1) is 0 Å². The molecule has 1 aromatic carbocycles. The number of aliphatic hydroxyl groups excluding tert-OH is 1. The van der Waals surface area contributed by atoms with Crippen molar-refractivity contribution in [2.75, 3.05) is 18.9 Å². The first-order chi connectivity index (χ1) is 10.4. The highest BCUT2D eigenvalue weighted by Crippen LogP contribution is 2.22. The Morgan fingerprint density at radius 3 is 3.00 bits per heavy atom. The smallest absolute Gasteiger partial charge is 0.323 e. The highest BCUT2D eigenvalue weighted by molar-refractivity contribution is 7.15. The molecule has 1 heterocycles. The Hall–Kier alpha value is -1.63. The molecule has 22 heavy (non-hydrogen) atoms. The number of benzene rings is 1. The first-order valence-corrected chi connectivity index (χ1v) is 8.03. The van der Waals surface area contributed by atoms with Crippen molar-refractivity contribution in [2.24, 2.45) is 0 Å². The van der Waals surface area contributed by atoms with Crippen LogP contribution >= 0.6 is 22.9 Å². The summed E-state index contributed by atoms with van der Waals surface area (Å²) in [4.78, 5) is 18.6. The molecule has 0 aliphatic rings. The van der Waals surface area contributed by atoms with Gasteiger partial charge in [-0.2, -0.15) is 0 Å². The highest BCUT2D eigenvalue weighted by atomic mass is 35.5. The van der Waals surface area contributed by atoms with Gasteiger partial charge in [-0.25, -0.2) is 9.78 Å². The number of hydrogen-bond acceptors (Lipinski definition) is 4. The molecule has 0 bridgehead atoms. The Bertz CT molecular complexity index is 645. The van der Waals surface area contributed by atoms with Gasteiger partial charge in [0.1, 0.15) is 0 Å². The molecule has 0 aliphatic heterocycles. The Morgan fingerprint density at radius 1 is 1.55 bits per heavy atom. The van der Waals surface area contributed by atoms with Gasteiger partial charge in [-0.15, -0.1) is 11.3 Å². The second-order valence-corrected chi connectivity index (χ2v) is 6.65. The van der Waals surface area contributed by atoms with E-state index in [2.05, 4.69) is 10.3 Å². The van der Waals surface area contributed by atoms with Crippen molar-refractivity contribution in [3.63, 3.8) is 0 Å². The van der Waals surface area contributed by atoms with Gasteiger partial charge in [-0.05, 0) is 24.6 Å². The zero-order chi connectivity index (χ0) is 16.1. The number of amides is 2. The fourth-order valence-corrected chi connectivity index (χ4v) is 3.01. The van der Waals surface area contributed by atoms with E-state index in [1.165, 1.54) is 16.2 Å². The van der Waals surface area contributed by atoms with Crippen LogP contribution in [-0.2, 0) is 6.42 Å². The molecule has 2 rings (SSSR count). The minimum atomic E-state index is -0.564. The molecular weight excluding hydrogens is 322 g/mol. The predicted octanol–water partition coefficient (Wildman–Crippen LogP) is 3.23. The molecular formula is C15H18ClN3O2S. The maximum Gasteiger partial charge on any atom is 0.323 e. The van der Waals surface area contributed by atoms with Crippen LogP contribution in [0.25, 0.3) is 0 Å². The first kappa shape index (κ1) is 16.7. The van der Waals surface area contributed by atoms with E-state index in [9.17, 15) is 9.90 Å². The van der Waals surface area contributed by atoms with E-state index >= 15 is 0 Å². The molecule has 0 fully saturated rings. The summed E-state index contributed by atoms with van der Waals surface area (Å²) in [5.41, 5.74) is 1.10. The topological polar surface area (TPSA) is 65.5 Å². The fourth-order valence-electron chi connectivity index (χ4n) is 1.96. The summed E-state index contributed by atoms with van der Waals surface area (Å²) in [6, 6.07) is 7.37. The number of aliphatic hydroxyl groups is 1. The number of anilines is 1. The third-order valence-corrected chi connectivity index (χ3v) is 4.07. The van der Waals surface area contributed by atoms with Crippen LogP contribution < -0.4 is 5.32 Å². The Morgan fingerprint density at radius 2 is 2.32 bits per heavy atom. The fraction of sp³-hybridized carbons (Fsp3) is 0.333. The summed E-state index contributed by atoms with van der Waals surface area (Å²) in [5.74, 6) is 0. The van der Waals surface area contributed by atoms with Crippen molar-refractivity contribution < 1.29 is 9.90 Å². The largest absolute Gasteiger partial charge is 0.392 e. The van der Waals surface area contributed by atoms with E-state index in [4.69, 9.17) is 11.6 Å². The van der Waals surface area contributed by atoms with Crippen LogP contribution in [0.3, 0.4) is 0 Å². The molecule has 1 aromatic heterocycles. The van der Waals surface area contributed by atoms with Crippen LogP contribution in [0.15, 0.2) is 30.5 Å². The Balaban J connectivity index is 1.95. The average Bonchev–Trinajstić information content (AvgIpc) is 2.85. The minimum Gasteiger partial charge on any atom is -0.392 e. The number of nitrogens with zero attached hydrogens (tertiary/aromatic N) is 2. The number of halogens is 1. The van der Waals surface area contributed by atoms with Crippen LogP contribution in [-0.4, -0.2) is 40.7 Å². The van der Waals surface area contributed by atoms with Crippen molar-refractivity contribution >= 4 is 34.1 Å². The van der Waals surface area contributed by atoms with Gasteiger partial charge in [-0.3, -0.25) is 5.32 Å². The number of urea groups is 1. The van der Waals surface area contributed by atoms with E-state index in [0.717, 1.165) is 16.9 Å². The number of nitrogens with one attached hydrogen (secondary N) is 1. The van der Waals surface area contributed by atoms with Gasteiger partial charge >= 0.3 is 6.03 Å². The first-order valence-electron chi connectivity index (χ1n) is 6.83. The highest BCUT2D eigenvalue weighted by Gasteiger charge is 2.13. The van der Waals surface area contributed by atoms with Gasteiger partial charge in [0, 0.05) is 36.1 Å². The van der Waals surface area contributed by atoms with Gasteiger partial charge in [0.2, 0.25) is 0 Å². The lowest BCUT2D eigenvalue weighted by Gasteiger charge is -2.18. The molecule has 0 unspecified atom stereocenters. The molecule has 2 aromatic rings. The van der Waals surface area contributed by atoms with Crippen LogP contribution in [0.2, 0.25) is 5.02 Å². The number of aromatic nitrogens is 1. The average molecular weight is 340 g/mol. The van der Waals surface area contributed by atoms with E-state index in [1.807, 2.05) is 24.3 Å². The van der Waals surface area contributed by atoms with Gasteiger partial charge in [0.25, 0.3) is 0 Å². The lowest BCUT2D eigenvalue weighted by molar-refractivity contribution is 0.149.